The molecule has 0 aliphatic carbocycles. The molecule has 0 aliphatic heterocycles. The van der Waals surface area contributed by atoms with Gasteiger partial charge in [-0.3, -0.25) is 4.79 Å². The van der Waals surface area contributed by atoms with Gasteiger partial charge in [-0.05, 0) is 22.6 Å². The third-order valence-corrected chi connectivity index (χ3v) is 2.63. The maximum Gasteiger partial charge on any atom is 0.573 e. The number of aromatic nitrogens is 1. The van der Waals surface area contributed by atoms with Crippen molar-refractivity contribution in [2.75, 3.05) is 7.11 Å². The maximum absolute atomic E-state index is 12.9. The molecule has 0 aromatic carbocycles. The van der Waals surface area contributed by atoms with Crippen LogP contribution in [0.15, 0.2) is 6.07 Å². The first-order valence-corrected chi connectivity index (χ1v) is 6.11. The summed E-state index contributed by atoms with van der Waals surface area (Å²) >= 11 is 1.41. The van der Waals surface area contributed by atoms with Crippen LogP contribution in [0, 0.1) is 3.70 Å². The van der Waals surface area contributed by atoms with Gasteiger partial charge in [-0.2, -0.15) is 13.2 Å². The van der Waals surface area contributed by atoms with Gasteiger partial charge in [0, 0.05) is 6.07 Å². The Hall–Kier alpha value is -1.27. The predicted molar refractivity (Wildman–Crippen MR) is 64.4 cm³/mol. The third kappa shape index (κ3) is 5.21. The molecule has 11 heteroatoms. The molecule has 0 aliphatic rings. The van der Waals surface area contributed by atoms with Crippen LogP contribution in [0.2, 0.25) is 0 Å². The van der Waals surface area contributed by atoms with Gasteiger partial charge < -0.3 is 9.47 Å². The van der Waals surface area contributed by atoms with Crippen LogP contribution < -0.4 is 4.74 Å². The molecule has 1 heterocycles. The van der Waals surface area contributed by atoms with E-state index in [1.54, 1.807) is 0 Å². The molecule has 4 nitrogen and oxygen atoms in total. The normalized spacial score (nSPS) is 12.2. The monoisotopic (exact) mass is 429 g/mol. The Morgan fingerprint density at radius 3 is 2.29 bits per heavy atom. The lowest BCUT2D eigenvalue weighted by molar-refractivity contribution is -0.276. The van der Waals surface area contributed by atoms with E-state index in [-0.39, 0.29) is 3.70 Å². The van der Waals surface area contributed by atoms with Crippen molar-refractivity contribution in [1.29, 1.82) is 0 Å². The minimum atomic E-state index is -5.31. The van der Waals surface area contributed by atoms with Crippen LogP contribution in [-0.4, -0.2) is 24.4 Å². The van der Waals surface area contributed by atoms with Crippen LogP contribution >= 0.6 is 22.6 Å². The molecular weight excluding hydrogens is 423 g/mol. The molecule has 0 fully saturated rings. The zero-order valence-electron chi connectivity index (χ0n) is 10.1. The van der Waals surface area contributed by atoms with E-state index in [1.807, 2.05) is 0 Å². The Morgan fingerprint density at radius 2 is 1.86 bits per heavy atom. The average Bonchev–Trinajstić information content (AvgIpc) is 2.23. The number of halogens is 7. The second-order valence-electron chi connectivity index (χ2n) is 3.56. The predicted octanol–water partition coefficient (Wildman–Crippen LogP) is 3.32. The summed E-state index contributed by atoms with van der Waals surface area (Å²) in [5, 5.41) is 0. The lowest BCUT2D eigenvalue weighted by Crippen LogP contribution is -2.23. The SMILES string of the molecule is COC(=O)Cc1nc(I)cc(OC(F)(F)F)c1C(F)(F)F. The van der Waals surface area contributed by atoms with E-state index in [0.717, 1.165) is 7.11 Å². The summed E-state index contributed by atoms with van der Waals surface area (Å²) in [4.78, 5) is 14.5. The molecule has 0 radical (unpaired) electrons. The standard InChI is InChI=1S/C10H6F6INO3/c1-20-7(19)2-4-8(9(11,12)13)5(3-6(17)18-4)21-10(14,15)16/h3H,2H2,1H3. The van der Waals surface area contributed by atoms with Crippen molar-refractivity contribution in [2.24, 2.45) is 0 Å². The summed E-state index contributed by atoms with van der Waals surface area (Å²) in [5.41, 5.74) is -2.66. The highest BCUT2D eigenvalue weighted by Crippen LogP contribution is 2.40. The van der Waals surface area contributed by atoms with E-state index < -0.39 is 41.9 Å². The molecule has 1 aromatic rings. The number of carbonyl (C=O) groups is 1. The van der Waals surface area contributed by atoms with Gasteiger partial charge in [-0.15, -0.1) is 13.2 Å². The second kappa shape index (κ2) is 6.23. The molecule has 0 saturated heterocycles. The van der Waals surface area contributed by atoms with Crippen LogP contribution in [0.3, 0.4) is 0 Å². The van der Waals surface area contributed by atoms with Crippen molar-refractivity contribution >= 4 is 28.6 Å². The van der Waals surface area contributed by atoms with Crippen molar-refractivity contribution in [3.05, 3.63) is 21.0 Å². The van der Waals surface area contributed by atoms with Crippen molar-refractivity contribution < 1.29 is 40.6 Å². The summed E-state index contributed by atoms with van der Waals surface area (Å²) in [6.45, 7) is 0. The fourth-order valence-corrected chi connectivity index (χ4v) is 1.96. The number of ether oxygens (including phenoxy) is 2. The molecule has 0 atom stereocenters. The van der Waals surface area contributed by atoms with Crippen molar-refractivity contribution in [1.82, 2.24) is 4.98 Å². The highest BCUT2D eigenvalue weighted by Gasteiger charge is 2.42. The van der Waals surface area contributed by atoms with Gasteiger partial charge in [0.1, 0.15) is 15.0 Å². The largest absolute Gasteiger partial charge is 0.573 e. The third-order valence-electron chi connectivity index (χ3n) is 2.08. The van der Waals surface area contributed by atoms with Gasteiger partial charge >= 0.3 is 18.5 Å². The number of carbonyl (C=O) groups excluding carboxylic acids is 1. The Morgan fingerprint density at radius 1 is 1.29 bits per heavy atom. The van der Waals surface area contributed by atoms with E-state index in [0.29, 0.717) is 6.07 Å². The van der Waals surface area contributed by atoms with Crippen LogP contribution in [-0.2, 0) is 22.1 Å². The summed E-state index contributed by atoms with van der Waals surface area (Å²) in [6, 6.07) is 0.484. The molecular formula is C10H6F6INO3. The first kappa shape index (κ1) is 17.8. The summed E-state index contributed by atoms with van der Waals surface area (Å²) in [6.07, 6.45) is -11.4. The Balaban J connectivity index is 3.45. The summed E-state index contributed by atoms with van der Waals surface area (Å²) in [7, 11) is 0.927. The highest BCUT2D eigenvalue weighted by molar-refractivity contribution is 14.1. The quantitative estimate of drug-likeness (QED) is 0.320. The maximum atomic E-state index is 12.9. The van der Waals surface area contributed by atoms with E-state index in [9.17, 15) is 31.1 Å². The van der Waals surface area contributed by atoms with E-state index in [1.165, 1.54) is 22.6 Å². The number of nitrogens with zero attached hydrogens (tertiary/aromatic N) is 1. The van der Waals surface area contributed by atoms with E-state index >= 15 is 0 Å². The van der Waals surface area contributed by atoms with Gasteiger partial charge in [0.2, 0.25) is 0 Å². The lowest BCUT2D eigenvalue weighted by Gasteiger charge is -2.18. The van der Waals surface area contributed by atoms with Gasteiger partial charge in [0.25, 0.3) is 0 Å². The molecule has 0 amide bonds. The molecule has 0 spiro atoms. The van der Waals surface area contributed by atoms with Gasteiger partial charge in [0.15, 0.2) is 0 Å². The summed E-state index contributed by atoms with van der Waals surface area (Å²) < 4.78 is 82.8. The minimum Gasteiger partial charge on any atom is -0.469 e. The number of rotatable bonds is 3. The van der Waals surface area contributed by atoms with Gasteiger partial charge in [-0.25, -0.2) is 4.98 Å². The second-order valence-corrected chi connectivity index (χ2v) is 4.67. The molecule has 0 saturated carbocycles. The zero-order chi connectivity index (χ0) is 16.4. The number of hydrogen-bond acceptors (Lipinski definition) is 4. The fourth-order valence-electron chi connectivity index (χ4n) is 1.38. The van der Waals surface area contributed by atoms with Crippen LogP contribution in [0.1, 0.15) is 11.3 Å². The number of alkyl halides is 6. The molecule has 1 rings (SSSR count). The topological polar surface area (TPSA) is 48.4 Å². The average molecular weight is 429 g/mol. The van der Waals surface area contributed by atoms with Crippen molar-refractivity contribution in [3.63, 3.8) is 0 Å². The molecule has 1 aromatic heterocycles. The first-order chi connectivity index (χ1) is 9.44. The smallest absolute Gasteiger partial charge is 0.469 e. The Kier molecular flexibility index (Phi) is 5.28. The highest BCUT2D eigenvalue weighted by atomic mass is 127. The first-order valence-electron chi connectivity index (χ1n) is 5.03. The Bertz CT molecular complexity index is 543. The number of hydrogen-bond donors (Lipinski definition) is 0. The fraction of sp³-hybridized carbons (Fsp3) is 0.400. The molecule has 0 N–H and O–H groups in total. The lowest BCUT2D eigenvalue weighted by atomic mass is 10.1. The minimum absolute atomic E-state index is 0.196. The number of esters is 1. The van der Waals surface area contributed by atoms with E-state index in [4.69, 9.17) is 0 Å². The van der Waals surface area contributed by atoms with Crippen LogP contribution in [0.4, 0.5) is 26.3 Å². The van der Waals surface area contributed by atoms with Crippen molar-refractivity contribution in [2.45, 2.75) is 19.0 Å². The van der Waals surface area contributed by atoms with Gasteiger partial charge in [0.05, 0.1) is 19.2 Å². The number of pyridine rings is 1. The molecule has 0 bridgehead atoms. The van der Waals surface area contributed by atoms with Crippen LogP contribution in [0.5, 0.6) is 5.75 Å². The van der Waals surface area contributed by atoms with Crippen molar-refractivity contribution in [3.8, 4) is 5.75 Å². The molecule has 21 heavy (non-hydrogen) atoms. The zero-order valence-corrected chi connectivity index (χ0v) is 12.3. The summed E-state index contributed by atoms with van der Waals surface area (Å²) in [5.74, 6) is -2.54. The van der Waals surface area contributed by atoms with Crippen LogP contribution in [0.25, 0.3) is 0 Å². The number of methoxy groups -OCH3 is 1. The molecule has 118 valence electrons. The Labute approximate surface area is 127 Å². The molecule has 0 unspecified atom stereocenters. The van der Waals surface area contributed by atoms with Gasteiger partial charge in [-0.1, -0.05) is 0 Å². The van der Waals surface area contributed by atoms with E-state index in [2.05, 4.69) is 14.5 Å².